The van der Waals surface area contributed by atoms with Crippen molar-refractivity contribution in [2.75, 3.05) is 64.8 Å². The van der Waals surface area contributed by atoms with Crippen LogP contribution in [0.25, 0.3) is 0 Å². The number of amides is 1. The Bertz CT molecular complexity index is 618. The Kier molecular flexibility index (Phi) is 6.43. The van der Waals surface area contributed by atoms with Crippen LogP contribution in [0.4, 0.5) is 5.69 Å². The Labute approximate surface area is 164 Å². The topological polar surface area (TPSA) is 30.0 Å². The molecule has 0 saturated carbocycles. The number of nitrogens with zero attached hydrogens (tertiary/aromatic N) is 4. The van der Waals surface area contributed by atoms with Gasteiger partial charge in [0.15, 0.2) is 0 Å². The van der Waals surface area contributed by atoms with Gasteiger partial charge in [-0.3, -0.25) is 9.69 Å². The SMILES string of the molecule is CCN(CC)c1ccc(C(=O)N2CCCN(C)C3(CCN(C)CC3)C2)cc1. The number of rotatable bonds is 4. The number of likely N-dealkylation sites (tertiary alicyclic amines) is 1. The van der Waals surface area contributed by atoms with Crippen LogP contribution in [0.1, 0.15) is 43.5 Å². The minimum atomic E-state index is 0.139. The van der Waals surface area contributed by atoms with Gasteiger partial charge < -0.3 is 14.7 Å². The van der Waals surface area contributed by atoms with Gasteiger partial charge in [-0.2, -0.15) is 0 Å². The van der Waals surface area contributed by atoms with Gasteiger partial charge in [-0.05, 0) is 84.6 Å². The molecule has 1 aromatic carbocycles. The number of likely N-dealkylation sites (N-methyl/N-ethyl adjacent to an activating group) is 1. The van der Waals surface area contributed by atoms with Crippen molar-refractivity contribution in [3.05, 3.63) is 29.8 Å². The van der Waals surface area contributed by atoms with Crippen molar-refractivity contribution < 1.29 is 4.79 Å². The lowest BCUT2D eigenvalue weighted by Crippen LogP contribution is -2.58. The third-order valence-electron chi connectivity index (χ3n) is 6.66. The Morgan fingerprint density at radius 3 is 2.22 bits per heavy atom. The van der Waals surface area contributed by atoms with Crippen LogP contribution in [-0.2, 0) is 0 Å². The molecule has 2 fully saturated rings. The summed E-state index contributed by atoms with van der Waals surface area (Å²) >= 11 is 0. The number of carbonyl (C=O) groups is 1. The van der Waals surface area contributed by atoms with Gasteiger partial charge in [0.2, 0.25) is 0 Å². The summed E-state index contributed by atoms with van der Waals surface area (Å²) in [6.07, 6.45) is 3.34. The largest absolute Gasteiger partial charge is 0.372 e. The van der Waals surface area contributed by atoms with Crippen molar-refractivity contribution in [1.82, 2.24) is 14.7 Å². The van der Waals surface area contributed by atoms with Crippen LogP contribution < -0.4 is 4.90 Å². The number of piperidine rings is 1. The third kappa shape index (κ3) is 4.30. The lowest BCUT2D eigenvalue weighted by molar-refractivity contribution is 0.0317. The molecule has 0 aliphatic carbocycles. The summed E-state index contributed by atoms with van der Waals surface area (Å²) in [4.78, 5) is 22.6. The van der Waals surface area contributed by atoms with Gasteiger partial charge in [-0.1, -0.05) is 0 Å². The molecule has 1 aromatic rings. The van der Waals surface area contributed by atoms with E-state index in [0.29, 0.717) is 0 Å². The summed E-state index contributed by atoms with van der Waals surface area (Å²) in [5, 5.41) is 0. The molecule has 5 heteroatoms. The first-order valence-electron chi connectivity index (χ1n) is 10.5. The van der Waals surface area contributed by atoms with Crippen LogP contribution in [0.15, 0.2) is 24.3 Å². The zero-order chi connectivity index (χ0) is 19.4. The Morgan fingerprint density at radius 2 is 1.63 bits per heavy atom. The molecular formula is C22H36N4O. The minimum absolute atomic E-state index is 0.139. The van der Waals surface area contributed by atoms with Gasteiger partial charge in [-0.25, -0.2) is 0 Å². The molecule has 2 heterocycles. The smallest absolute Gasteiger partial charge is 0.253 e. The van der Waals surface area contributed by atoms with Crippen molar-refractivity contribution in [1.29, 1.82) is 0 Å². The zero-order valence-corrected chi connectivity index (χ0v) is 17.6. The average Bonchev–Trinajstić information content (AvgIpc) is 2.85. The Morgan fingerprint density at radius 1 is 1.00 bits per heavy atom. The van der Waals surface area contributed by atoms with Gasteiger partial charge in [0, 0.05) is 49.5 Å². The van der Waals surface area contributed by atoms with Crippen LogP contribution in [0.5, 0.6) is 0 Å². The summed E-state index contributed by atoms with van der Waals surface area (Å²) in [5.74, 6) is 0.190. The van der Waals surface area contributed by atoms with Gasteiger partial charge in [0.05, 0.1) is 0 Å². The summed E-state index contributed by atoms with van der Waals surface area (Å²) in [6.45, 7) is 11.3. The summed E-state index contributed by atoms with van der Waals surface area (Å²) in [5.41, 5.74) is 2.15. The molecule has 3 rings (SSSR count). The highest BCUT2D eigenvalue weighted by atomic mass is 16.2. The standard InChI is InChI=1S/C22H36N4O/c1-5-25(6-2)20-10-8-19(9-11-20)21(27)26-15-7-14-24(4)22(18-26)12-16-23(3)17-13-22/h8-11H,5-7,12-18H2,1-4H3. The van der Waals surface area contributed by atoms with Crippen LogP contribution in [0.2, 0.25) is 0 Å². The first-order valence-corrected chi connectivity index (χ1v) is 10.5. The number of carbonyl (C=O) groups excluding carboxylic acids is 1. The first-order chi connectivity index (χ1) is 13.0. The molecule has 0 aromatic heterocycles. The number of hydrogen-bond acceptors (Lipinski definition) is 4. The first kappa shape index (κ1) is 20.2. The monoisotopic (exact) mass is 372 g/mol. The summed E-state index contributed by atoms with van der Waals surface area (Å²) in [7, 11) is 4.45. The van der Waals surface area contributed by atoms with E-state index in [1.165, 1.54) is 5.69 Å². The van der Waals surface area contributed by atoms with Crippen molar-refractivity contribution in [3.63, 3.8) is 0 Å². The van der Waals surface area contributed by atoms with Crippen LogP contribution in [0.3, 0.4) is 0 Å². The molecule has 2 saturated heterocycles. The maximum Gasteiger partial charge on any atom is 0.253 e. The van der Waals surface area contributed by atoms with E-state index in [1.54, 1.807) is 0 Å². The maximum absolute atomic E-state index is 13.3. The molecule has 5 nitrogen and oxygen atoms in total. The lowest BCUT2D eigenvalue weighted by atomic mass is 9.85. The van der Waals surface area contributed by atoms with E-state index < -0.39 is 0 Å². The normalized spacial score (nSPS) is 21.3. The second-order valence-corrected chi connectivity index (χ2v) is 8.25. The zero-order valence-electron chi connectivity index (χ0n) is 17.6. The van der Waals surface area contributed by atoms with Gasteiger partial charge in [0.1, 0.15) is 0 Å². The van der Waals surface area contributed by atoms with Gasteiger partial charge >= 0.3 is 0 Å². The molecule has 0 unspecified atom stereocenters. The van der Waals surface area contributed by atoms with Gasteiger partial charge in [-0.15, -0.1) is 0 Å². The molecule has 0 bridgehead atoms. The Hall–Kier alpha value is -1.59. The van der Waals surface area contributed by atoms with Crippen molar-refractivity contribution in [3.8, 4) is 0 Å². The van der Waals surface area contributed by atoms with E-state index in [4.69, 9.17) is 0 Å². The molecule has 150 valence electrons. The molecule has 1 spiro atoms. The fourth-order valence-corrected chi connectivity index (χ4v) is 4.63. The highest BCUT2D eigenvalue weighted by Gasteiger charge is 2.41. The van der Waals surface area contributed by atoms with Crippen LogP contribution in [-0.4, -0.2) is 86.1 Å². The lowest BCUT2D eigenvalue weighted by Gasteiger charge is -2.47. The minimum Gasteiger partial charge on any atom is -0.372 e. The second kappa shape index (κ2) is 8.61. The third-order valence-corrected chi connectivity index (χ3v) is 6.66. The summed E-state index contributed by atoms with van der Waals surface area (Å²) < 4.78 is 0. The Balaban J connectivity index is 1.75. The van der Waals surface area contributed by atoms with E-state index >= 15 is 0 Å². The van der Waals surface area contributed by atoms with Gasteiger partial charge in [0.25, 0.3) is 5.91 Å². The predicted octanol–water partition coefficient (Wildman–Crippen LogP) is 2.77. The predicted molar refractivity (Wildman–Crippen MR) is 113 cm³/mol. The van der Waals surface area contributed by atoms with Crippen molar-refractivity contribution in [2.24, 2.45) is 0 Å². The van der Waals surface area contributed by atoms with E-state index in [-0.39, 0.29) is 11.4 Å². The van der Waals surface area contributed by atoms with Crippen LogP contribution >= 0.6 is 0 Å². The van der Waals surface area contributed by atoms with Crippen molar-refractivity contribution in [2.45, 2.75) is 38.6 Å². The molecule has 1 amide bonds. The molecular weight excluding hydrogens is 336 g/mol. The second-order valence-electron chi connectivity index (χ2n) is 8.25. The highest BCUT2D eigenvalue weighted by Crippen LogP contribution is 2.31. The van der Waals surface area contributed by atoms with E-state index in [2.05, 4.69) is 59.7 Å². The molecule has 2 aliphatic heterocycles. The summed E-state index contributed by atoms with van der Waals surface area (Å²) in [6, 6.07) is 8.20. The molecule has 0 atom stereocenters. The van der Waals surface area contributed by atoms with E-state index in [1.807, 2.05) is 12.1 Å². The van der Waals surface area contributed by atoms with E-state index in [0.717, 1.165) is 70.6 Å². The van der Waals surface area contributed by atoms with Crippen molar-refractivity contribution >= 4 is 11.6 Å². The fourth-order valence-electron chi connectivity index (χ4n) is 4.63. The quantitative estimate of drug-likeness (QED) is 0.813. The molecule has 27 heavy (non-hydrogen) atoms. The maximum atomic E-state index is 13.3. The van der Waals surface area contributed by atoms with Crippen LogP contribution in [0, 0.1) is 0 Å². The molecule has 0 radical (unpaired) electrons. The number of anilines is 1. The van der Waals surface area contributed by atoms with E-state index in [9.17, 15) is 4.79 Å². The fraction of sp³-hybridized carbons (Fsp3) is 0.682. The average molecular weight is 373 g/mol. The molecule has 2 aliphatic rings. The number of benzene rings is 1. The number of hydrogen-bond donors (Lipinski definition) is 0. The highest BCUT2D eigenvalue weighted by molar-refractivity contribution is 5.94. The molecule has 0 N–H and O–H groups in total.